The Morgan fingerprint density at radius 2 is 1.48 bits per heavy atom. The molecule has 2 saturated heterocycles. The molecule has 0 N–H and O–H groups in total. The first-order valence-electron chi connectivity index (χ1n) is 12.5. The van der Waals surface area contributed by atoms with Crippen LogP contribution < -0.4 is 0 Å². The maximum absolute atomic E-state index is 12.6. The molecular formula is C27H34N2O2. The first-order valence-corrected chi connectivity index (χ1v) is 12.5. The summed E-state index contributed by atoms with van der Waals surface area (Å²) in [6.07, 6.45) is 15.7. The van der Waals surface area contributed by atoms with Crippen molar-refractivity contribution >= 4 is 22.5 Å². The highest BCUT2D eigenvalue weighted by Crippen LogP contribution is 2.48. The summed E-state index contributed by atoms with van der Waals surface area (Å²) in [4.78, 5) is 27.4. The largest absolute Gasteiger partial charge is 0.344 e. The summed E-state index contributed by atoms with van der Waals surface area (Å²) in [5.74, 6) is 1.22. The lowest BCUT2D eigenvalue weighted by Gasteiger charge is -2.49. The van der Waals surface area contributed by atoms with E-state index in [1.807, 2.05) is 24.4 Å². The van der Waals surface area contributed by atoms with Gasteiger partial charge in [-0.05, 0) is 62.8 Å². The van der Waals surface area contributed by atoms with E-state index >= 15 is 0 Å². The Labute approximate surface area is 185 Å². The van der Waals surface area contributed by atoms with Crippen molar-refractivity contribution in [2.24, 2.45) is 11.8 Å². The highest BCUT2D eigenvalue weighted by atomic mass is 16.2. The number of hydrogen-bond donors (Lipinski definition) is 0. The summed E-state index contributed by atoms with van der Waals surface area (Å²) in [7, 11) is 0. The Morgan fingerprint density at radius 3 is 2.16 bits per heavy atom. The van der Waals surface area contributed by atoms with E-state index in [1.165, 1.54) is 71.1 Å². The molecule has 4 bridgehead atoms. The molecule has 2 saturated carbocycles. The van der Waals surface area contributed by atoms with Crippen LogP contribution in [0.25, 0.3) is 10.9 Å². The molecule has 31 heavy (non-hydrogen) atoms. The summed E-state index contributed by atoms with van der Waals surface area (Å²) in [5.41, 5.74) is 1.69. The maximum Gasteiger partial charge on any atom is 0.230 e. The van der Waals surface area contributed by atoms with Crippen molar-refractivity contribution in [1.82, 2.24) is 9.47 Å². The van der Waals surface area contributed by atoms with E-state index in [-0.39, 0.29) is 11.6 Å². The molecule has 1 aromatic carbocycles. The highest BCUT2D eigenvalue weighted by Gasteiger charge is 2.47. The maximum atomic E-state index is 12.6. The second-order valence-electron chi connectivity index (χ2n) is 10.8. The number of Topliss-reactive ketones (excluding diaryl/α,β-unsaturated/α-hetero) is 2. The molecule has 2 aliphatic carbocycles. The Balaban J connectivity index is 1.28. The monoisotopic (exact) mass is 418 g/mol. The molecule has 0 radical (unpaired) electrons. The van der Waals surface area contributed by atoms with Crippen molar-refractivity contribution in [1.29, 1.82) is 0 Å². The van der Waals surface area contributed by atoms with E-state index in [2.05, 4.69) is 15.5 Å². The van der Waals surface area contributed by atoms with Gasteiger partial charge in [0, 0.05) is 48.2 Å². The minimum absolute atomic E-state index is 0.357. The van der Waals surface area contributed by atoms with Crippen LogP contribution in [0, 0.1) is 11.8 Å². The number of para-hydroxylation sites is 1. The van der Waals surface area contributed by atoms with Gasteiger partial charge in [0.15, 0.2) is 5.78 Å². The van der Waals surface area contributed by atoms with E-state index in [0.29, 0.717) is 23.7 Å². The number of benzene rings is 1. The summed E-state index contributed by atoms with van der Waals surface area (Å²) in [6.45, 7) is 1.38. The summed E-state index contributed by atoms with van der Waals surface area (Å²) < 4.78 is 2.34. The van der Waals surface area contributed by atoms with Gasteiger partial charge in [0.25, 0.3) is 0 Å². The second kappa shape index (κ2) is 7.58. The van der Waals surface area contributed by atoms with Crippen LogP contribution in [-0.2, 0) is 4.79 Å². The van der Waals surface area contributed by atoms with Gasteiger partial charge in [-0.15, -0.1) is 0 Å². The lowest BCUT2D eigenvalue weighted by Crippen LogP contribution is -2.52. The molecule has 2 aliphatic heterocycles. The van der Waals surface area contributed by atoms with Crippen molar-refractivity contribution in [2.45, 2.75) is 95.3 Å². The van der Waals surface area contributed by atoms with Gasteiger partial charge in [-0.2, -0.15) is 0 Å². The molecule has 164 valence electrons. The standard InChI is InChI=1S/C27H34N2O2/c1-17(30)27(31)25-16-28(26-8-3-2-7-24(25)26)22-14-20-9-10-21(15-22)29(20)23-12-18-5-4-6-19(11-18)13-23/h2-3,7-8,16,18-23H,4-6,9-15H2,1H3/t18-,19+,20-,21+,22+,23+. The van der Waals surface area contributed by atoms with E-state index in [0.717, 1.165) is 28.8 Å². The van der Waals surface area contributed by atoms with E-state index in [4.69, 9.17) is 0 Å². The normalized spacial score (nSPS) is 35.4. The molecule has 4 heteroatoms. The number of fused-ring (bicyclic) bond motifs is 5. The molecule has 6 rings (SSSR count). The molecule has 1 aromatic heterocycles. The van der Waals surface area contributed by atoms with Crippen molar-refractivity contribution < 1.29 is 9.59 Å². The zero-order chi connectivity index (χ0) is 21.1. The number of rotatable bonds is 4. The predicted octanol–water partition coefficient (Wildman–Crippen LogP) is 5.55. The second-order valence-corrected chi connectivity index (χ2v) is 10.8. The zero-order valence-electron chi connectivity index (χ0n) is 18.6. The third-order valence-corrected chi connectivity index (χ3v) is 8.99. The average Bonchev–Trinajstić information content (AvgIpc) is 3.28. The molecule has 2 aromatic rings. The summed E-state index contributed by atoms with van der Waals surface area (Å²) in [6, 6.07) is 10.7. The summed E-state index contributed by atoms with van der Waals surface area (Å²) >= 11 is 0. The van der Waals surface area contributed by atoms with Gasteiger partial charge in [-0.25, -0.2) is 0 Å². The minimum Gasteiger partial charge on any atom is -0.344 e. The highest BCUT2D eigenvalue weighted by molar-refractivity contribution is 6.45. The van der Waals surface area contributed by atoms with Crippen LogP contribution in [0.5, 0.6) is 0 Å². The predicted molar refractivity (Wildman–Crippen MR) is 122 cm³/mol. The van der Waals surface area contributed by atoms with Crippen LogP contribution in [0.4, 0.5) is 0 Å². The first-order chi connectivity index (χ1) is 15.1. The van der Waals surface area contributed by atoms with Gasteiger partial charge >= 0.3 is 0 Å². The number of carbonyl (C=O) groups excluding carboxylic acids is 2. The molecule has 4 fully saturated rings. The van der Waals surface area contributed by atoms with Gasteiger partial charge in [0.1, 0.15) is 0 Å². The number of ketones is 2. The van der Waals surface area contributed by atoms with Crippen LogP contribution in [0.1, 0.15) is 87.5 Å². The Morgan fingerprint density at radius 1 is 0.806 bits per heavy atom. The van der Waals surface area contributed by atoms with E-state index in [9.17, 15) is 9.59 Å². The number of nitrogens with zero attached hydrogens (tertiary/aromatic N) is 2. The minimum atomic E-state index is -0.374. The number of aromatic nitrogens is 1. The van der Waals surface area contributed by atoms with Gasteiger partial charge in [0.05, 0.1) is 5.56 Å². The zero-order valence-corrected chi connectivity index (χ0v) is 18.6. The number of piperidine rings is 1. The molecule has 6 atom stereocenters. The van der Waals surface area contributed by atoms with Crippen molar-refractivity contribution in [2.75, 3.05) is 0 Å². The summed E-state index contributed by atoms with van der Waals surface area (Å²) in [5, 5.41) is 0.928. The molecular weight excluding hydrogens is 384 g/mol. The molecule has 0 spiro atoms. The smallest absolute Gasteiger partial charge is 0.230 e. The number of carbonyl (C=O) groups is 2. The van der Waals surface area contributed by atoms with E-state index in [1.54, 1.807) is 0 Å². The number of hydrogen-bond acceptors (Lipinski definition) is 3. The fourth-order valence-electron chi connectivity index (χ4n) is 7.83. The van der Waals surface area contributed by atoms with Gasteiger partial charge in [0.2, 0.25) is 5.78 Å². The quantitative estimate of drug-likeness (QED) is 0.483. The van der Waals surface area contributed by atoms with Crippen LogP contribution in [-0.4, -0.2) is 39.2 Å². The molecule has 4 nitrogen and oxygen atoms in total. The third-order valence-electron chi connectivity index (χ3n) is 8.99. The lowest BCUT2D eigenvalue weighted by atomic mass is 9.69. The van der Waals surface area contributed by atoms with Crippen molar-refractivity contribution in [3.05, 3.63) is 36.0 Å². The Bertz CT molecular complexity index is 997. The van der Waals surface area contributed by atoms with Crippen LogP contribution in [0.3, 0.4) is 0 Å². The molecule has 0 unspecified atom stereocenters. The van der Waals surface area contributed by atoms with Crippen molar-refractivity contribution in [3.63, 3.8) is 0 Å². The van der Waals surface area contributed by atoms with E-state index < -0.39 is 0 Å². The van der Waals surface area contributed by atoms with Crippen LogP contribution in [0.2, 0.25) is 0 Å². The molecule has 0 amide bonds. The fraction of sp³-hybridized carbons (Fsp3) is 0.630. The Kier molecular flexibility index (Phi) is 4.82. The van der Waals surface area contributed by atoms with Crippen LogP contribution in [0.15, 0.2) is 30.5 Å². The fourth-order valence-corrected chi connectivity index (χ4v) is 7.83. The first kappa shape index (κ1) is 19.7. The SMILES string of the molecule is CC(=O)C(=O)c1cn([C@H]2C[C@H]3CC[C@@H](C2)N3[C@H]2C[C@@H]3CCC[C@@H](C3)C2)c2ccccc12. The third kappa shape index (κ3) is 3.29. The average molecular weight is 419 g/mol. The lowest BCUT2D eigenvalue weighted by molar-refractivity contribution is -0.113. The van der Waals surface area contributed by atoms with Gasteiger partial charge in [-0.1, -0.05) is 37.5 Å². The van der Waals surface area contributed by atoms with Crippen molar-refractivity contribution in [3.8, 4) is 0 Å². The molecule has 3 heterocycles. The Hall–Kier alpha value is -1.94. The molecule has 4 aliphatic rings. The van der Waals surface area contributed by atoms with Gasteiger partial charge in [-0.3, -0.25) is 14.5 Å². The van der Waals surface area contributed by atoms with Gasteiger partial charge < -0.3 is 4.57 Å². The topological polar surface area (TPSA) is 42.3 Å². The van der Waals surface area contributed by atoms with Crippen LogP contribution >= 0.6 is 0 Å².